The molecule has 0 aromatic rings. The van der Waals surface area contributed by atoms with Gasteiger partial charge in [-0.25, -0.2) is 0 Å². The second kappa shape index (κ2) is 11.0. The van der Waals surface area contributed by atoms with E-state index >= 15 is 0 Å². The summed E-state index contributed by atoms with van der Waals surface area (Å²) in [5.74, 6) is 0. The Morgan fingerprint density at radius 1 is 0.870 bits per heavy atom. The zero-order valence-corrected chi connectivity index (χ0v) is 17.9. The van der Waals surface area contributed by atoms with Crippen LogP contribution in [0.25, 0.3) is 0 Å². The van der Waals surface area contributed by atoms with Gasteiger partial charge in [0.2, 0.25) is 0 Å². The first-order chi connectivity index (χ1) is 11.1. The number of hydrogen-bond acceptors (Lipinski definition) is 5. The molecule has 5 nitrogen and oxygen atoms in total. The zero-order valence-electron chi connectivity index (χ0n) is 15.9. The first-order valence-corrected chi connectivity index (χ1v) is 13.5. The van der Waals surface area contributed by atoms with E-state index in [0.717, 1.165) is 12.5 Å². The maximum absolute atomic E-state index is 5.82. The van der Waals surface area contributed by atoms with E-state index in [0.29, 0.717) is 0 Å². The predicted octanol–water partition coefficient (Wildman–Crippen LogP) is 3.63. The Morgan fingerprint density at radius 3 is 2.00 bits per heavy atom. The van der Waals surface area contributed by atoms with E-state index in [9.17, 15) is 0 Å². The van der Waals surface area contributed by atoms with Crippen molar-refractivity contribution in [3.8, 4) is 0 Å². The Hall–Kier alpha value is 0.234. The van der Waals surface area contributed by atoms with Gasteiger partial charge in [-0.1, -0.05) is 25.7 Å². The summed E-state index contributed by atoms with van der Waals surface area (Å²) in [5, 5.41) is 0. The van der Waals surface area contributed by atoms with Crippen molar-refractivity contribution in [1.82, 2.24) is 4.57 Å². The molecule has 0 aromatic carbocycles. The summed E-state index contributed by atoms with van der Waals surface area (Å²) in [5.41, 5.74) is 0. The van der Waals surface area contributed by atoms with Crippen LogP contribution in [0, 0.1) is 0 Å². The highest BCUT2D eigenvalue weighted by Crippen LogP contribution is 2.26. The summed E-state index contributed by atoms with van der Waals surface area (Å²) in [6, 6.07) is 2.22. The number of unbranched alkanes of at least 4 members (excludes halogenated alkanes) is 5. The molecule has 0 N–H and O–H groups in total. The van der Waals surface area contributed by atoms with Crippen LogP contribution in [0.4, 0.5) is 0 Å². The lowest BCUT2D eigenvalue weighted by Crippen LogP contribution is -2.48. The van der Waals surface area contributed by atoms with E-state index in [1.165, 1.54) is 57.7 Å². The highest BCUT2D eigenvalue weighted by Gasteiger charge is 2.39. The fourth-order valence-corrected chi connectivity index (χ4v) is 8.13. The fourth-order valence-electron chi connectivity index (χ4n) is 3.48. The van der Waals surface area contributed by atoms with Gasteiger partial charge in [0.05, 0.1) is 0 Å². The average molecular weight is 364 g/mol. The lowest BCUT2D eigenvalue weighted by Gasteiger charge is -2.31. The molecule has 0 aromatic heterocycles. The molecular weight excluding hydrogens is 326 g/mol. The van der Waals surface area contributed by atoms with Gasteiger partial charge in [0.1, 0.15) is 0 Å². The van der Waals surface area contributed by atoms with Crippen molar-refractivity contribution in [2.75, 3.05) is 41.5 Å². The molecule has 1 atom stereocenters. The molecule has 0 saturated carbocycles. The van der Waals surface area contributed by atoms with Gasteiger partial charge in [-0.3, -0.25) is 0 Å². The minimum atomic E-state index is -2.35. The van der Waals surface area contributed by atoms with Crippen molar-refractivity contribution in [1.29, 1.82) is 0 Å². The highest BCUT2D eigenvalue weighted by atomic mass is 28.4. The summed E-state index contributed by atoms with van der Waals surface area (Å²) < 4.78 is 24.8. The van der Waals surface area contributed by atoms with Gasteiger partial charge in [0.25, 0.3) is 8.48 Å². The van der Waals surface area contributed by atoms with E-state index in [-0.39, 0.29) is 0 Å². The van der Waals surface area contributed by atoms with Crippen LogP contribution in [0.2, 0.25) is 18.6 Å². The van der Waals surface area contributed by atoms with E-state index < -0.39 is 17.3 Å². The van der Waals surface area contributed by atoms with Gasteiger partial charge in [-0.05, 0) is 44.9 Å². The number of rotatable bonds is 13. The summed E-state index contributed by atoms with van der Waals surface area (Å²) in [6.07, 6.45) is 8.93. The third kappa shape index (κ3) is 6.57. The Bertz CT molecular complexity index is 310. The van der Waals surface area contributed by atoms with Gasteiger partial charge in [0, 0.05) is 34.5 Å². The standard InChI is InChI=1S/C16H37NO4Si2/c1-18-22(5)15-12-14-17(22)13-10-8-6-7-9-11-16-23(19-2,20-3)21-4/h6-16H2,1-5H3. The largest absolute Gasteiger partial charge is 0.500 e. The van der Waals surface area contributed by atoms with Crippen LogP contribution < -0.4 is 0 Å². The molecule has 0 amide bonds. The van der Waals surface area contributed by atoms with Crippen molar-refractivity contribution < 1.29 is 17.7 Å². The van der Waals surface area contributed by atoms with Crippen molar-refractivity contribution in [3.63, 3.8) is 0 Å². The third-order valence-corrected chi connectivity index (χ3v) is 12.0. The molecule has 1 fully saturated rings. The van der Waals surface area contributed by atoms with Gasteiger partial charge >= 0.3 is 8.80 Å². The molecule has 23 heavy (non-hydrogen) atoms. The number of nitrogens with zero attached hydrogens (tertiary/aromatic N) is 1. The molecule has 1 heterocycles. The van der Waals surface area contributed by atoms with Crippen LogP contribution in [0.3, 0.4) is 0 Å². The molecule has 0 bridgehead atoms. The van der Waals surface area contributed by atoms with Crippen LogP contribution in [0.15, 0.2) is 0 Å². The molecule has 1 rings (SSSR count). The molecule has 7 heteroatoms. The van der Waals surface area contributed by atoms with E-state index in [2.05, 4.69) is 11.1 Å². The quantitative estimate of drug-likeness (QED) is 0.369. The normalized spacial score (nSPS) is 22.8. The summed E-state index contributed by atoms with van der Waals surface area (Å²) in [7, 11) is 3.11. The predicted molar refractivity (Wildman–Crippen MR) is 98.9 cm³/mol. The van der Waals surface area contributed by atoms with Crippen molar-refractivity contribution >= 4 is 17.3 Å². The van der Waals surface area contributed by atoms with E-state index in [4.69, 9.17) is 17.7 Å². The Labute approximate surface area is 145 Å². The van der Waals surface area contributed by atoms with Gasteiger partial charge in [-0.2, -0.15) is 0 Å². The topological polar surface area (TPSA) is 40.2 Å². The maximum Gasteiger partial charge on any atom is 0.500 e. The Balaban J connectivity index is 2.04. The second-order valence-corrected chi connectivity index (χ2v) is 13.6. The molecule has 0 aliphatic carbocycles. The molecule has 1 saturated heterocycles. The second-order valence-electron chi connectivity index (χ2n) is 6.64. The summed E-state index contributed by atoms with van der Waals surface area (Å²) in [4.78, 5) is 0. The number of hydrogen-bond donors (Lipinski definition) is 0. The van der Waals surface area contributed by atoms with E-state index in [1.54, 1.807) is 21.3 Å². The van der Waals surface area contributed by atoms with Crippen LogP contribution in [0.5, 0.6) is 0 Å². The summed E-state index contributed by atoms with van der Waals surface area (Å²) in [6.45, 7) is 4.83. The first-order valence-electron chi connectivity index (χ1n) is 9.01. The highest BCUT2D eigenvalue weighted by molar-refractivity contribution is 6.70. The fraction of sp³-hybridized carbons (Fsp3) is 1.00. The lowest BCUT2D eigenvalue weighted by molar-refractivity contribution is 0.122. The van der Waals surface area contributed by atoms with Crippen molar-refractivity contribution in [3.05, 3.63) is 0 Å². The molecule has 138 valence electrons. The molecule has 0 radical (unpaired) electrons. The molecular formula is C16H37NO4Si2. The first kappa shape index (κ1) is 21.3. The van der Waals surface area contributed by atoms with Crippen LogP contribution in [-0.4, -0.2) is 63.4 Å². The smallest absolute Gasteiger partial charge is 0.406 e. The minimum absolute atomic E-state index is 0.919. The van der Waals surface area contributed by atoms with Crippen LogP contribution in [-0.2, 0) is 17.7 Å². The van der Waals surface area contributed by atoms with Crippen LogP contribution in [0.1, 0.15) is 44.9 Å². The Kier molecular flexibility index (Phi) is 10.1. The van der Waals surface area contributed by atoms with Crippen LogP contribution >= 0.6 is 0 Å². The maximum atomic E-state index is 5.82. The van der Waals surface area contributed by atoms with Crippen molar-refractivity contribution in [2.24, 2.45) is 0 Å². The SMILES string of the molecule is CO[Si](CCCCCCCCN1CCC[Si]1(C)OC)(OC)OC. The van der Waals surface area contributed by atoms with Crippen molar-refractivity contribution in [2.45, 2.75) is 63.6 Å². The van der Waals surface area contributed by atoms with Gasteiger partial charge in [-0.15, -0.1) is 0 Å². The minimum Gasteiger partial charge on any atom is -0.406 e. The van der Waals surface area contributed by atoms with Gasteiger partial charge < -0.3 is 22.3 Å². The molecule has 1 unspecified atom stereocenters. The third-order valence-electron chi connectivity index (χ3n) is 5.27. The zero-order chi connectivity index (χ0) is 17.2. The summed E-state index contributed by atoms with van der Waals surface area (Å²) >= 11 is 0. The Morgan fingerprint density at radius 2 is 1.43 bits per heavy atom. The monoisotopic (exact) mass is 363 g/mol. The van der Waals surface area contributed by atoms with E-state index in [1.807, 2.05) is 7.11 Å². The molecule has 1 aliphatic heterocycles. The molecule has 0 spiro atoms. The average Bonchev–Trinajstić information content (AvgIpc) is 2.96. The molecule has 1 aliphatic rings. The van der Waals surface area contributed by atoms with Gasteiger partial charge in [0.15, 0.2) is 0 Å². The lowest BCUT2D eigenvalue weighted by atomic mass is 10.1.